The molecule has 0 aliphatic carbocycles. The van der Waals surface area contributed by atoms with Crippen LogP contribution < -0.4 is 5.69 Å². The van der Waals surface area contributed by atoms with E-state index in [9.17, 15) is 13.2 Å². The van der Waals surface area contributed by atoms with Crippen LogP contribution in [0.1, 0.15) is 4.88 Å². The number of nitrogens with one attached hydrogen (secondary N) is 1. The van der Waals surface area contributed by atoms with Gasteiger partial charge in [0, 0.05) is 22.6 Å². The van der Waals surface area contributed by atoms with Gasteiger partial charge in [0.1, 0.15) is 6.33 Å². The van der Waals surface area contributed by atoms with Crippen LogP contribution in [0.3, 0.4) is 0 Å². The molecule has 8 heteroatoms. The van der Waals surface area contributed by atoms with Crippen LogP contribution in [-0.2, 0) is 22.8 Å². The van der Waals surface area contributed by atoms with Gasteiger partial charge in [-0.15, -0.1) is 11.3 Å². The fraction of sp³-hybridized carbons (Fsp3) is 0.200. The first-order valence-electron chi connectivity index (χ1n) is 6.92. The van der Waals surface area contributed by atoms with Crippen molar-refractivity contribution in [3.63, 3.8) is 0 Å². The maximum absolute atomic E-state index is 11.5. The first-order chi connectivity index (χ1) is 10.9. The third-order valence-corrected chi connectivity index (χ3v) is 5.77. The zero-order valence-corrected chi connectivity index (χ0v) is 14.0. The SMILES string of the molecule is CS(=O)(=O)c1ccc(-c2ccc(CCn3cn[nH]c3=O)s2)cc1. The summed E-state index contributed by atoms with van der Waals surface area (Å²) < 4.78 is 24.5. The summed E-state index contributed by atoms with van der Waals surface area (Å²) in [6.07, 6.45) is 3.43. The standard InChI is InChI=1S/C15H15N3O3S2/c1-23(20,21)13-5-2-11(3-6-13)14-7-4-12(22-14)8-9-18-10-16-17-15(18)19/h2-7,10H,8-9H2,1H3,(H,17,19). The molecule has 6 nitrogen and oxygen atoms in total. The molecule has 3 aromatic rings. The number of aromatic amines is 1. The number of aryl methyl sites for hydroxylation is 2. The van der Waals surface area contributed by atoms with Gasteiger partial charge in [0.25, 0.3) is 0 Å². The molecule has 0 bridgehead atoms. The summed E-state index contributed by atoms with van der Waals surface area (Å²) >= 11 is 1.63. The highest BCUT2D eigenvalue weighted by Crippen LogP contribution is 2.29. The second-order valence-electron chi connectivity index (χ2n) is 5.17. The molecule has 0 unspecified atom stereocenters. The maximum Gasteiger partial charge on any atom is 0.343 e. The molecule has 2 aromatic heterocycles. The second kappa shape index (κ2) is 6.13. The van der Waals surface area contributed by atoms with Crippen molar-refractivity contribution >= 4 is 21.2 Å². The fourth-order valence-corrected chi connectivity index (χ4v) is 3.83. The van der Waals surface area contributed by atoms with Crippen LogP contribution in [0, 0.1) is 0 Å². The van der Waals surface area contributed by atoms with Crippen LogP contribution in [-0.4, -0.2) is 29.4 Å². The first-order valence-corrected chi connectivity index (χ1v) is 9.63. The van der Waals surface area contributed by atoms with Crippen molar-refractivity contribution in [2.45, 2.75) is 17.9 Å². The van der Waals surface area contributed by atoms with Gasteiger partial charge in [-0.25, -0.2) is 18.3 Å². The van der Waals surface area contributed by atoms with Crippen LogP contribution >= 0.6 is 11.3 Å². The third kappa shape index (κ3) is 3.59. The van der Waals surface area contributed by atoms with E-state index in [0.717, 1.165) is 21.7 Å². The van der Waals surface area contributed by atoms with Gasteiger partial charge in [-0.3, -0.25) is 4.57 Å². The van der Waals surface area contributed by atoms with Crippen LogP contribution in [0.4, 0.5) is 0 Å². The Kier molecular flexibility index (Phi) is 4.18. The summed E-state index contributed by atoms with van der Waals surface area (Å²) in [6.45, 7) is 0.572. The largest absolute Gasteiger partial charge is 0.343 e. The number of sulfone groups is 1. The predicted molar refractivity (Wildman–Crippen MR) is 89.4 cm³/mol. The van der Waals surface area contributed by atoms with Crippen LogP contribution in [0.15, 0.2) is 52.4 Å². The zero-order chi connectivity index (χ0) is 16.4. The van der Waals surface area contributed by atoms with Crippen molar-refractivity contribution in [1.82, 2.24) is 14.8 Å². The van der Waals surface area contributed by atoms with E-state index in [2.05, 4.69) is 10.2 Å². The van der Waals surface area contributed by atoms with E-state index in [0.29, 0.717) is 11.4 Å². The van der Waals surface area contributed by atoms with Crippen LogP contribution in [0.5, 0.6) is 0 Å². The smallest absolute Gasteiger partial charge is 0.281 e. The van der Waals surface area contributed by atoms with Gasteiger partial charge in [-0.05, 0) is 36.2 Å². The highest BCUT2D eigenvalue weighted by Gasteiger charge is 2.08. The lowest BCUT2D eigenvalue weighted by molar-refractivity contribution is 0.602. The summed E-state index contributed by atoms with van der Waals surface area (Å²) in [6, 6.07) is 10.9. The second-order valence-corrected chi connectivity index (χ2v) is 8.35. The van der Waals surface area contributed by atoms with E-state index in [1.807, 2.05) is 24.3 Å². The molecule has 1 aromatic carbocycles. The van der Waals surface area contributed by atoms with Gasteiger partial charge < -0.3 is 0 Å². The van der Waals surface area contributed by atoms with Crippen LogP contribution in [0.2, 0.25) is 0 Å². The normalized spacial score (nSPS) is 11.7. The Morgan fingerprint density at radius 3 is 2.52 bits per heavy atom. The van der Waals surface area contributed by atoms with E-state index in [1.165, 1.54) is 17.2 Å². The number of nitrogens with zero attached hydrogens (tertiary/aromatic N) is 2. The molecule has 0 aliphatic rings. The van der Waals surface area contributed by atoms with E-state index in [-0.39, 0.29) is 5.69 Å². The van der Waals surface area contributed by atoms with Crippen LogP contribution in [0.25, 0.3) is 10.4 Å². The molecule has 120 valence electrons. The molecule has 23 heavy (non-hydrogen) atoms. The Bertz CT molecular complexity index is 966. The lowest BCUT2D eigenvalue weighted by Gasteiger charge is -2.01. The quantitative estimate of drug-likeness (QED) is 0.763. The molecule has 0 amide bonds. The van der Waals surface area contributed by atoms with Gasteiger partial charge in [-0.2, -0.15) is 5.10 Å². The molecule has 0 saturated carbocycles. The van der Waals surface area contributed by atoms with Gasteiger partial charge in [0.2, 0.25) is 0 Å². The highest BCUT2D eigenvalue weighted by molar-refractivity contribution is 7.90. The number of benzene rings is 1. The summed E-state index contributed by atoms with van der Waals surface area (Å²) in [7, 11) is -3.17. The lowest BCUT2D eigenvalue weighted by atomic mass is 10.2. The van der Waals surface area contributed by atoms with Gasteiger partial charge >= 0.3 is 5.69 Å². The molecular weight excluding hydrogens is 334 g/mol. The molecular formula is C15H15N3O3S2. The Balaban J connectivity index is 1.74. The summed E-state index contributed by atoms with van der Waals surface area (Å²) in [5.41, 5.74) is 0.771. The Morgan fingerprint density at radius 1 is 1.17 bits per heavy atom. The number of thiophene rings is 1. The molecule has 1 N–H and O–H groups in total. The zero-order valence-electron chi connectivity index (χ0n) is 12.4. The van der Waals surface area contributed by atoms with Crippen molar-refractivity contribution in [3.05, 3.63) is 58.1 Å². The van der Waals surface area contributed by atoms with E-state index in [4.69, 9.17) is 0 Å². The van der Waals surface area contributed by atoms with E-state index >= 15 is 0 Å². The van der Waals surface area contributed by atoms with Crippen molar-refractivity contribution in [3.8, 4) is 10.4 Å². The predicted octanol–water partition coefficient (Wildman–Crippen LogP) is 1.95. The third-order valence-electron chi connectivity index (χ3n) is 3.45. The average molecular weight is 349 g/mol. The summed E-state index contributed by atoms with van der Waals surface area (Å²) in [5.74, 6) is 0. The molecule has 0 aliphatic heterocycles. The van der Waals surface area contributed by atoms with Gasteiger partial charge in [-0.1, -0.05) is 12.1 Å². The van der Waals surface area contributed by atoms with Crippen molar-refractivity contribution < 1.29 is 8.42 Å². The van der Waals surface area contributed by atoms with Gasteiger partial charge in [0.05, 0.1) is 4.90 Å². The molecule has 0 fully saturated rings. The topological polar surface area (TPSA) is 84.8 Å². The van der Waals surface area contributed by atoms with Crippen molar-refractivity contribution in [2.24, 2.45) is 0 Å². The molecule has 0 saturated heterocycles. The summed E-state index contributed by atoms with van der Waals surface area (Å²) in [4.78, 5) is 13.9. The Hall–Kier alpha value is -2.19. The van der Waals surface area contributed by atoms with Crippen molar-refractivity contribution in [2.75, 3.05) is 6.26 Å². The first kappa shape index (κ1) is 15.7. The monoisotopic (exact) mass is 349 g/mol. The number of aromatic nitrogens is 3. The minimum Gasteiger partial charge on any atom is -0.281 e. The van der Waals surface area contributed by atoms with E-state index in [1.54, 1.807) is 23.5 Å². The molecule has 0 atom stereocenters. The number of H-pyrrole nitrogens is 1. The number of hydrogen-bond donors (Lipinski definition) is 1. The minimum atomic E-state index is -3.17. The summed E-state index contributed by atoms with van der Waals surface area (Å²) in [5, 5.41) is 6.06. The Morgan fingerprint density at radius 2 is 1.91 bits per heavy atom. The lowest BCUT2D eigenvalue weighted by Crippen LogP contribution is -2.17. The molecule has 0 spiro atoms. The minimum absolute atomic E-state index is 0.210. The Labute approximate surface area is 137 Å². The molecule has 3 rings (SSSR count). The molecule has 2 heterocycles. The van der Waals surface area contributed by atoms with E-state index < -0.39 is 9.84 Å². The van der Waals surface area contributed by atoms with Crippen molar-refractivity contribution in [1.29, 1.82) is 0 Å². The molecule has 0 radical (unpaired) electrons. The maximum atomic E-state index is 11.5. The average Bonchev–Trinajstić information content (AvgIpc) is 3.13. The van der Waals surface area contributed by atoms with Gasteiger partial charge in [0.15, 0.2) is 9.84 Å². The number of hydrogen-bond acceptors (Lipinski definition) is 5. The highest BCUT2D eigenvalue weighted by atomic mass is 32.2. The number of rotatable bonds is 5. The fourth-order valence-electron chi connectivity index (χ4n) is 2.19.